The topological polar surface area (TPSA) is 103 Å². The zero-order valence-electron chi connectivity index (χ0n) is 19.6. The van der Waals surface area contributed by atoms with Gasteiger partial charge < -0.3 is 14.8 Å². The first-order valence-corrected chi connectivity index (χ1v) is 12.1. The summed E-state index contributed by atoms with van der Waals surface area (Å²) >= 11 is 1.22. The largest absolute Gasteiger partial charge is 0.497 e. The van der Waals surface area contributed by atoms with Crippen LogP contribution in [0.2, 0.25) is 0 Å². The Balaban J connectivity index is 1.41. The van der Waals surface area contributed by atoms with E-state index >= 15 is 0 Å². The third kappa shape index (κ3) is 4.92. The molecule has 0 radical (unpaired) electrons. The predicted molar refractivity (Wildman–Crippen MR) is 138 cm³/mol. The lowest BCUT2D eigenvalue weighted by molar-refractivity contribution is -0.115. The van der Waals surface area contributed by atoms with Crippen molar-refractivity contribution in [3.63, 3.8) is 0 Å². The Labute approximate surface area is 212 Å². The Morgan fingerprint density at radius 3 is 2.17 bits per heavy atom. The molecule has 1 aromatic heterocycles. The van der Waals surface area contributed by atoms with Crippen LogP contribution in [0.4, 0.5) is 5.69 Å². The molecule has 0 saturated carbocycles. The summed E-state index contributed by atoms with van der Waals surface area (Å²) in [5.41, 5.74) is 5.10. The average molecular weight is 499 g/mol. The van der Waals surface area contributed by atoms with Crippen LogP contribution in [0.5, 0.6) is 11.5 Å². The molecule has 0 saturated heterocycles. The van der Waals surface area contributed by atoms with Crippen LogP contribution in [0.3, 0.4) is 0 Å². The molecule has 36 heavy (non-hydrogen) atoms. The molecule has 2 heterocycles. The number of hydrogen-bond donors (Lipinski definition) is 1. The highest BCUT2D eigenvalue weighted by Gasteiger charge is 2.20. The minimum Gasteiger partial charge on any atom is -0.497 e. The zero-order valence-corrected chi connectivity index (χ0v) is 20.5. The molecular formula is C27H22N4O4S. The maximum absolute atomic E-state index is 12.8. The second-order valence-corrected chi connectivity index (χ2v) is 9.00. The van der Waals surface area contributed by atoms with Crippen molar-refractivity contribution >= 4 is 29.1 Å². The fourth-order valence-corrected chi connectivity index (χ4v) is 4.56. The molecule has 0 bridgehead atoms. The molecule has 5 rings (SSSR count). The fraction of sp³-hybridized carbons (Fsp3) is 0.148. The highest BCUT2D eigenvalue weighted by atomic mass is 32.2. The van der Waals surface area contributed by atoms with E-state index in [1.54, 1.807) is 32.4 Å². The number of ether oxygens (including phenoxy) is 2. The molecule has 3 aromatic carbocycles. The number of nitrogens with one attached hydrogen (secondary N) is 1. The lowest BCUT2D eigenvalue weighted by Crippen LogP contribution is -2.05. The highest BCUT2D eigenvalue weighted by molar-refractivity contribution is 7.99. The summed E-state index contributed by atoms with van der Waals surface area (Å²) in [4.78, 5) is 29.2. The number of hydrogen-bond acceptors (Lipinski definition) is 8. The smallest absolute Gasteiger partial charge is 0.228 e. The molecule has 0 atom stereocenters. The Hall–Kier alpha value is -4.24. The minimum absolute atomic E-state index is 0.0635. The van der Waals surface area contributed by atoms with Gasteiger partial charge in [-0.25, -0.2) is 4.98 Å². The maximum Gasteiger partial charge on any atom is 0.228 e. The molecule has 1 N–H and O–H groups in total. The van der Waals surface area contributed by atoms with Crippen LogP contribution < -0.4 is 14.8 Å². The molecular weight excluding hydrogens is 476 g/mol. The molecule has 0 fully saturated rings. The molecule has 0 aliphatic carbocycles. The van der Waals surface area contributed by atoms with Gasteiger partial charge in [-0.1, -0.05) is 11.8 Å². The molecule has 8 nitrogen and oxygen atoms in total. The van der Waals surface area contributed by atoms with Gasteiger partial charge in [-0.05, 0) is 72.3 Å². The summed E-state index contributed by atoms with van der Waals surface area (Å²) in [5.74, 6) is 1.48. The number of nitrogens with zero attached hydrogens (tertiary/aromatic N) is 3. The van der Waals surface area contributed by atoms with E-state index in [1.807, 2.05) is 48.5 Å². The van der Waals surface area contributed by atoms with Gasteiger partial charge in [0.25, 0.3) is 0 Å². The standard InChI is InChI=1S/C27H22N4O4S/c1-34-20-8-3-16(4-9-20)25-26(17-5-10-21(35-2)11-6-17)30-31-27(29-25)36-15-23(32)18-7-12-22-19(13-18)14-24(33)28-22/h3-13H,14-15H2,1-2H3,(H,28,33). The van der Waals surface area contributed by atoms with Gasteiger partial charge in [0, 0.05) is 22.4 Å². The van der Waals surface area contributed by atoms with E-state index in [0.29, 0.717) is 22.1 Å². The molecule has 9 heteroatoms. The second kappa shape index (κ2) is 10.2. The predicted octanol–water partition coefficient (Wildman–Crippen LogP) is 4.69. The zero-order chi connectivity index (χ0) is 25.1. The summed E-state index contributed by atoms with van der Waals surface area (Å²) in [6.07, 6.45) is 0.286. The number of anilines is 1. The first-order chi connectivity index (χ1) is 17.5. The number of fused-ring (bicyclic) bond motifs is 1. The van der Waals surface area contributed by atoms with Gasteiger partial charge >= 0.3 is 0 Å². The van der Waals surface area contributed by atoms with Crippen LogP contribution in [-0.2, 0) is 11.2 Å². The van der Waals surface area contributed by atoms with Crippen molar-refractivity contribution in [2.75, 3.05) is 25.3 Å². The first kappa shape index (κ1) is 23.5. The van der Waals surface area contributed by atoms with E-state index in [2.05, 4.69) is 15.5 Å². The van der Waals surface area contributed by atoms with E-state index in [-0.39, 0.29) is 23.9 Å². The van der Waals surface area contributed by atoms with Crippen molar-refractivity contribution < 1.29 is 19.1 Å². The lowest BCUT2D eigenvalue weighted by atomic mass is 10.0. The van der Waals surface area contributed by atoms with Crippen LogP contribution in [-0.4, -0.2) is 46.8 Å². The Kier molecular flexibility index (Phi) is 6.64. The normalized spacial score (nSPS) is 12.1. The van der Waals surface area contributed by atoms with Crippen molar-refractivity contribution in [2.24, 2.45) is 0 Å². The Bertz CT molecular complexity index is 1440. The van der Waals surface area contributed by atoms with E-state index in [4.69, 9.17) is 14.5 Å². The molecule has 180 valence electrons. The maximum atomic E-state index is 12.8. The number of benzene rings is 3. The van der Waals surface area contributed by atoms with Crippen molar-refractivity contribution in [2.45, 2.75) is 11.6 Å². The number of amides is 1. The van der Waals surface area contributed by atoms with Crippen LogP contribution in [0.1, 0.15) is 15.9 Å². The second-order valence-electron chi connectivity index (χ2n) is 8.06. The molecule has 1 aliphatic rings. The van der Waals surface area contributed by atoms with Crippen LogP contribution in [0.25, 0.3) is 22.5 Å². The quantitative estimate of drug-likeness (QED) is 0.276. The Morgan fingerprint density at radius 2 is 1.53 bits per heavy atom. The van der Waals surface area contributed by atoms with Crippen LogP contribution >= 0.6 is 11.8 Å². The fourth-order valence-electron chi connectivity index (χ4n) is 3.88. The minimum atomic E-state index is -0.0732. The number of thioether (sulfide) groups is 1. The highest BCUT2D eigenvalue weighted by Crippen LogP contribution is 2.32. The van der Waals surface area contributed by atoms with Crippen molar-refractivity contribution in [3.8, 4) is 34.0 Å². The summed E-state index contributed by atoms with van der Waals surface area (Å²) in [6.45, 7) is 0. The van der Waals surface area contributed by atoms with Gasteiger partial charge in [0.15, 0.2) is 5.78 Å². The van der Waals surface area contributed by atoms with Gasteiger partial charge in [-0.2, -0.15) is 0 Å². The number of rotatable bonds is 8. The lowest BCUT2D eigenvalue weighted by Gasteiger charge is -2.10. The first-order valence-electron chi connectivity index (χ1n) is 11.2. The van der Waals surface area contributed by atoms with Crippen LogP contribution in [0.15, 0.2) is 71.9 Å². The monoisotopic (exact) mass is 498 g/mol. The van der Waals surface area contributed by atoms with Gasteiger partial charge in [-0.15, -0.1) is 10.2 Å². The van der Waals surface area contributed by atoms with Gasteiger partial charge in [0.05, 0.1) is 26.4 Å². The van der Waals surface area contributed by atoms with Crippen LogP contribution in [0, 0.1) is 0 Å². The number of aromatic nitrogens is 3. The van der Waals surface area contributed by atoms with E-state index in [9.17, 15) is 9.59 Å². The molecule has 0 unspecified atom stereocenters. The van der Waals surface area contributed by atoms with Crippen molar-refractivity contribution in [3.05, 3.63) is 77.9 Å². The average Bonchev–Trinajstić information content (AvgIpc) is 3.31. The third-order valence-electron chi connectivity index (χ3n) is 5.78. The number of carbonyl (C=O) groups is 2. The molecule has 1 aliphatic heterocycles. The van der Waals surface area contributed by atoms with E-state index < -0.39 is 0 Å². The van der Waals surface area contributed by atoms with Crippen molar-refractivity contribution in [1.29, 1.82) is 0 Å². The van der Waals surface area contributed by atoms with Gasteiger partial charge in [-0.3, -0.25) is 9.59 Å². The number of carbonyl (C=O) groups excluding carboxylic acids is 2. The summed E-state index contributed by atoms with van der Waals surface area (Å²) in [5, 5.41) is 11.9. The van der Waals surface area contributed by atoms with E-state index in [0.717, 1.165) is 33.9 Å². The molecule has 4 aromatic rings. The molecule has 0 spiro atoms. The number of Topliss-reactive ketones (excluding diaryl/α,β-unsaturated/α-hetero) is 1. The van der Waals surface area contributed by atoms with Crippen molar-refractivity contribution in [1.82, 2.24) is 15.2 Å². The summed E-state index contributed by atoms with van der Waals surface area (Å²) in [6, 6.07) is 20.3. The number of methoxy groups -OCH3 is 2. The summed E-state index contributed by atoms with van der Waals surface area (Å²) in [7, 11) is 3.23. The van der Waals surface area contributed by atoms with Gasteiger partial charge in [0.1, 0.15) is 22.9 Å². The Morgan fingerprint density at radius 1 is 0.889 bits per heavy atom. The number of ketones is 1. The van der Waals surface area contributed by atoms with E-state index in [1.165, 1.54) is 11.8 Å². The third-order valence-corrected chi connectivity index (χ3v) is 6.62. The molecule has 1 amide bonds. The van der Waals surface area contributed by atoms with Gasteiger partial charge in [0.2, 0.25) is 11.1 Å². The summed E-state index contributed by atoms with van der Waals surface area (Å²) < 4.78 is 10.5. The SMILES string of the molecule is COc1ccc(-c2nnc(SCC(=O)c3ccc4c(c3)CC(=O)N4)nc2-c2ccc(OC)cc2)cc1.